The first-order valence-electron chi connectivity index (χ1n) is 9.63. The van der Waals surface area contributed by atoms with Gasteiger partial charge in [-0.2, -0.15) is 4.73 Å². The molecule has 1 aromatic carbocycles. The van der Waals surface area contributed by atoms with Crippen molar-refractivity contribution in [2.75, 3.05) is 52.4 Å². The normalized spacial score (nSPS) is 17.5. The Morgan fingerprint density at radius 2 is 1.38 bits per heavy atom. The van der Waals surface area contributed by atoms with Crippen molar-refractivity contribution in [1.29, 1.82) is 0 Å². The molecule has 1 fully saturated rings. The Morgan fingerprint density at radius 1 is 0.862 bits per heavy atom. The Labute approximate surface area is 168 Å². The Hall–Kier alpha value is -2.75. The minimum Gasteiger partial charge on any atom is -0.618 e. The van der Waals surface area contributed by atoms with Crippen molar-refractivity contribution < 1.29 is 24.5 Å². The van der Waals surface area contributed by atoms with Gasteiger partial charge in [-0.15, -0.1) is 0 Å². The summed E-state index contributed by atoms with van der Waals surface area (Å²) in [6, 6.07) is 9.49. The van der Waals surface area contributed by atoms with Crippen LogP contribution in [0.3, 0.4) is 0 Å². The predicted molar refractivity (Wildman–Crippen MR) is 106 cm³/mol. The third-order valence-corrected chi connectivity index (χ3v) is 5.22. The van der Waals surface area contributed by atoms with Crippen LogP contribution in [0, 0.1) is 5.21 Å². The highest BCUT2D eigenvalue weighted by Gasteiger charge is 2.22. The number of aliphatic carboxylic acids is 2. The van der Waals surface area contributed by atoms with E-state index in [1.807, 2.05) is 34.1 Å². The molecule has 156 valence electrons. The van der Waals surface area contributed by atoms with Crippen LogP contribution in [-0.2, 0) is 16.1 Å². The molecule has 0 bridgehead atoms. The predicted octanol–water partition coefficient (Wildman–Crippen LogP) is 0.0620. The summed E-state index contributed by atoms with van der Waals surface area (Å²) in [6.07, 6.45) is 1.50. The van der Waals surface area contributed by atoms with Gasteiger partial charge in [0, 0.05) is 45.3 Å². The zero-order chi connectivity index (χ0) is 20.8. The summed E-state index contributed by atoms with van der Waals surface area (Å²) >= 11 is 0. The number of benzene rings is 1. The van der Waals surface area contributed by atoms with Gasteiger partial charge < -0.3 is 15.4 Å². The molecule has 1 aliphatic rings. The van der Waals surface area contributed by atoms with Crippen molar-refractivity contribution in [1.82, 2.24) is 14.7 Å². The molecular weight excluding hydrogens is 376 g/mol. The van der Waals surface area contributed by atoms with E-state index in [2.05, 4.69) is 4.90 Å². The average molecular weight is 402 g/mol. The van der Waals surface area contributed by atoms with Gasteiger partial charge in [-0.1, -0.05) is 18.2 Å². The number of pyridine rings is 1. The summed E-state index contributed by atoms with van der Waals surface area (Å²) in [6.45, 7) is 3.47. The summed E-state index contributed by atoms with van der Waals surface area (Å²) in [5.41, 5.74) is 0.636. The fourth-order valence-corrected chi connectivity index (χ4v) is 3.67. The highest BCUT2D eigenvalue weighted by molar-refractivity contribution is 5.83. The van der Waals surface area contributed by atoms with E-state index < -0.39 is 11.9 Å². The highest BCUT2D eigenvalue weighted by atomic mass is 16.5. The fourth-order valence-electron chi connectivity index (χ4n) is 3.67. The van der Waals surface area contributed by atoms with Crippen LogP contribution in [0.4, 0.5) is 0 Å². The molecular formula is C20H26N4O5. The van der Waals surface area contributed by atoms with Gasteiger partial charge >= 0.3 is 11.9 Å². The van der Waals surface area contributed by atoms with Crippen molar-refractivity contribution in [2.24, 2.45) is 0 Å². The Bertz CT molecular complexity index is 847. The zero-order valence-electron chi connectivity index (χ0n) is 16.2. The number of hydrogen-bond acceptors (Lipinski definition) is 6. The van der Waals surface area contributed by atoms with Gasteiger partial charge in [-0.05, 0) is 11.5 Å². The molecule has 1 saturated heterocycles. The van der Waals surface area contributed by atoms with E-state index in [1.165, 1.54) is 6.20 Å². The molecule has 1 aromatic heterocycles. The lowest BCUT2D eigenvalue weighted by Crippen LogP contribution is -2.41. The second-order valence-electron chi connectivity index (χ2n) is 7.29. The first kappa shape index (κ1) is 21.0. The van der Waals surface area contributed by atoms with E-state index in [-0.39, 0.29) is 13.1 Å². The summed E-state index contributed by atoms with van der Waals surface area (Å²) in [4.78, 5) is 28.0. The van der Waals surface area contributed by atoms with Crippen molar-refractivity contribution in [3.63, 3.8) is 0 Å². The van der Waals surface area contributed by atoms with Gasteiger partial charge in [-0.3, -0.25) is 24.3 Å². The quantitative estimate of drug-likeness (QED) is 0.516. The average Bonchev–Trinajstić information content (AvgIpc) is 2.76. The van der Waals surface area contributed by atoms with Gasteiger partial charge in [0.1, 0.15) is 0 Å². The maximum atomic E-state index is 12.5. The fraction of sp³-hybridized carbons (Fsp3) is 0.450. The van der Waals surface area contributed by atoms with Crippen LogP contribution >= 0.6 is 0 Å². The van der Waals surface area contributed by atoms with Gasteiger partial charge in [0.15, 0.2) is 6.20 Å². The Balaban J connectivity index is 1.81. The molecule has 0 spiro atoms. The smallest absolute Gasteiger partial charge is 0.317 e. The molecule has 9 heteroatoms. The minimum absolute atomic E-state index is 0.0927. The van der Waals surface area contributed by atoms with E-state index >= 15 is 0 Å². The molecule has 0 atom stereocenters. The number of nitrogens with zero attached hydrogens (tertiary/aromatic N) is 4. The lowest BCUT2D eigenvalue weighted by atomic mass is 10.1. The van der Waals surface area contributed by atoms with E-state index in [9.17, 15) is 14.8 Å². The van der Waals surface area contributed by atoms with Crippen LogP contribution < -0.4 is 4.73 Å². The van der Waals surface area contributed by atoms with Crippen LogP contribution in [0.2, 0.25) is 0 Å². The van der Waals surface area contributed by atoms with Gasteiger partial charge in [-0.25, -0.2) is 0 Å². The molecule has 9 nitrogen and oxygen atoms in total. The van der Waals surface area contributed by atoms with Crippen LogP contribution in [0.15, 0.2) is 36.5 Å². The molecule has 0 amide bonds. The third-order valence-electron chi connectivity index (χ3n) is 5.22. The van der Waals surface area contributed by atoms with Crippen molar-refractivity contribution in [3.05, 3.63) is 47.4 Å². The minimum atomic E-state index is -0.910. The second-order valence-corrected chi connectivity index (χ2v) is 7.29. The summed E-state index contributed by atoms with van der Waals surface area (Å²) < 4.78 is 0.874. The van der Waals surface area contributed by atoms with E-state index in [1.54, 1.807) is 6.07 Å². The summed E-state index contributed by atoms with van der Waals surface area (Å²) in [5.74, 6) is -1.82. The molecule has 0 radical (unpaired) electrons. The number of hydrogen-bond donors (Lipinski definition) is 2. The van der Waals surface area contributed by atoms with Crippen LogP contribution in [0.25, 0.3) is 10.8 Å². The number of carboxylic acids is 2. The molecule has 0 aliphatic carbocycles. The van der Waals surface area contributed by atoms with Crippen LogP contribution in [-0.4, -0.2) is 89.2 Å². The molecule has 2 heterocycles. The number of fused-ring (bicyclic) bond motifs is 1. The largest absolute Gasteiger partial charge is 0.618 e. The van der Waals surface area contributed by atoms with E-state index in [0.29, 0.717) is 51.5 Å². The first-order chi connectivity index (χ1) is 13.9. The Kier molecular flexibility index (Phi) is 6.97. The molecule has 3 rings (SSSR count). The van der Waals surface area contributed by atoms with Gasteiger partial charge in [0.2, 0.25) is 5.69 Å². The molecule has 2 N–H and O–H groups in total. The molecule has 29 heavy (non-hydrogen) atoms. The molecule has 2 aromatic rings. The van der Waals surface area contributed by atoms with Crippen LogP contribution in [0.1, 0.15) is 5.69 Å². The monoisotopic (exact) mass is 402 g/mol. The van der Waals surface area contributed by atoms with Crippen molar-refractivity contribution in [3.8, 4) is 0 Å². The Morgan fingerprint density at radius 3 is 1.93 bits per heavy atom. The third kappa shape index (κ3) is 5.86. The lowest BCUT2D eigenvalue weighted by molar-refractivity contribution is -0.613. The van der Waals surface area contributed by atoms with E-state index in [4.69, 9.17) is 10.2 Å². The standard InChI is InChI=1S/C20H26N4O5/c25-19(26)14-22-9-7-21(8-10-23(12-11-22)15-20(27)28)13-18-17-4-2-1-3-16(17)5-6-24(18)29/h1-6H,7-15H2,(H,25,26)(H,27,28). The molecule has 0 unspecified atom stereocenters. The summed E-state index contributed by atoms with van der Waals surface area (Å²) in [5, 5.41) is 32.6. The topological polar surface area (TPSA) is 111 Å². The number of carbonyl (C=O) groups is 2. The van der Waals surface area contributed by atoms with Crippen molar-refractivity contribution >= 4 is 22.7 Å². The zero-order valence-corrected chi connectivity index (χ0v) is 16.2. The van der Waals surface area contributed by atoms with Crippen LogP contribution in [0.5, 0.6) is 0 Å². The maximum Gasteiger partial charge on any atom is 0.317 e. The van der Waals surface area contributed by atoms with Gasteiger partial charge in [0.25, 0.3) is 0 Å². The maximum absolute atomic E-state index is 12.5. The number of rotatable bonds is 6. The number of carboxylic acid groups (broad SMARTS) is 2. The lowest BCUT2D eigenvalue weighted by Gasteiger charge is -2.24. The number of aromatic nitrogens is 1. The molecule has 1 aliphatic heterocycles. The van der Waals surface area contributed by atoms with E-state index in [0.717, 1.165) is 15.5 Å². The second kappa shape index (κ2) is 9.64. The first-order valence-corrected chi connectivity index (χ1v) is 9.63. The van der Waals surface area contributed by atoms with Crippen molar-refractivity contribution in [2.45, 2.75) is 6.54 Å². The summed E-state index contributed by atoms with van der Waals surface area (Å²) in [7, 11) is 0. The highest BCUT2D eigenvalue weighted by Crippen LogP contribution is 2.17. The van der Waals surface area contributed by atoms with Gasteiger partial charge in [0.05, 0.1) is 25.0 Å². The SMILES string of the molecule is O=C(O)CN1CCN(CC(=O)O)CCN(Cc2c3ccccc3cc[n+]2[O-])CC1. The molecule has 0 saturated carbocycles.